The summed E-state index contributed by atoms with van der Waals surface area (Å²) in [6, 6.07) is 4.18. The largest absolute Gasteiger partial charge is 0.437 e. The number of alkyl halides is 8. The van der Waals surface area contributed by atoms with Crippen LogP contribution < -0.4 is 5.32 Å². The van der Waals surface area contributed by atoms with Crippen molar-refractivity contribution in [3.8, 4) is 0 Å². The molecule has 0 aliphatic carbocycles. The van der Waals surface area contributed by atoms with Crippen molar-refractivity contribution in [3.05, 3.63) is 46.8 Å². The van der Waals surface area contributed by atoms with Crippen LogP contribution in [0.1, 0.15) is 42.3 Å². The van der Waals surface area contributed by atoms with Gasteiger partial charge in [-0.2, -0.15) is 31.4 Å². The van der Waals surface area contributed by atoms with E-state index < -0.39 is 54.0 Å². The zero-order valence-electron chi connectivity index (χ0n) is 17.9. The third-order valence-corrected chi connectivity index (χ3v) is 5.07. The lowest BCUT2D eigenvalue weighted by Gasteiger charge is -2.28. The number of oxime groups is 1. The highest BCUT2D eigenvalue weighted by Crippen LogP contribution is 2.49. The molecule has 186 valence electrons. The second-order valence-corrected chi connectivity index (χ2v) is 7.99. The van der Waals surface area contributed by atoms with Crippen LogP contribution in [0.3, 0.4) is 0 Å². The molecular formula is C20H18F8N4O2. The molecule has 1 aliphatic heterocycles. The first-order valence-electron chi connectivity index (χ1n) is 9.65. The fourth-order valence-electron chi connectivity index (χ4n) is 3.47. The molecule has 0 radical (unpaired) electrons. The average Bonchev–Trinajstić information content (AvgIpc) is 3.26. The van der Waals surface area contributed by atoms with Crippen molar-refractivity contribution in [2.24, 2.45) is 12.2 Å². The number of carbonyl (C=O) groups is 1. The number of rotatable bonds is 5. The predicted molar refractivity (Wildman–Crippen MR) is 103 cm³/mol. The van der Waals surface area contributed by atoms with Crippen LogP contribution >= 0.6 is 0 Å². The van der Waals surface area contributed by atoms with Crippen LogP contribution in [0, 0.1) is 6.92 Å². The van der Waals surface area contributed by atoms with Crippen molar-refractivity contribution in [1.29, 1.82) is 0 Å². The van der Waals surface area contributed by atoms with Gasteiger partial charge in [0.1, 0.15) is 0 Å². The second-order valence-electron chi connectivity index (χ2n) is 7.99. The predicted octanol–water partition coefficient (Wildman–Crippen LogP) is 5.31. The SMILES string of the molecule is Cc1cc(C2=NOC(c3cc(C(F)(F)F)nn3C)(C(F)(F)F)C2)ccc1NC(=O)CC(C)(F)F. The third-order valence-electron chi connectivity index (χ3n) is 5.07. The van der Waals surface area contributed by atoms with E-state index in [4.69, 9.17) is 4.84 Å². The van der Waals surface area contributed by atoms with Gasteiger partial charge in [-0.3, -0.25) is 9.48 Å². The molecule has 0 spiro atoms. The molecule has 2 aromatic rings. The van der Waals surface area contributed by atoms with E-state index in [0.29, 0.717) is 17.2 Å². The maximum Gasteiger partial charge on any atom is 0.437 e. The molecule has 1 unspecified atom stereocenters. The lowest BCUT2D eigenvalue weighted by molar-refractivity contribution is -0.278. The number of hydrogen-bond acceptors (Lipinski definition) is 4. The Kier molecular flexibility index (Phi) is 6.16. The van der Waals surface area contributed by atoms with Crippen molar-refractivity contribution >= 4 is 17.3 Å². The number of aromatic nitrogens is 2. The molecule has 3 rings (SSSR count). The first-order valence-corrected chi connectivity index (χ1v) is 9.65. The first kappa shape index (κ1) is 25.4. The zero-order valence-corrected chi connectivity index (χ0v) is 17.9. The van der Waals surface area contributed by atoms with Gasteiger partial charge in [-0.25, -0.2) is 8.78 Å². The zero-order chi connectivity index (χ0) is 25.7. The molecule has 1 atom stereocenters. The van der Waals surface area contributed by atoms with Gasteiger partial charge >= 0.3 is 12.4 Å². The summed E-state index contributed by atoms with van der Waals surface area (Å²) in [4.78, 5) is 16.5. The first-order chi connectivity index (χ1) is 15.4. The van der Waals surface area contributed by atoms with Gasteiger partial charge in [0.05, 0.1) is 24.2 Å². The van der Waals surface area contributed by atoms with E-state index in [9.17, 15) is 39.9 Å². The topological polar surface area (TPSA) is 68.5 Å². The Hall–Kier alpha value is -3.19. The van der Waals surface area contributed by atoms with Crippen LogP contribution in [0.4, 0.5) is 40.8 Å². The number of carbonyl (C=O) groups excluding carboxylic acids is 1. The van der Waals surface area contributed by atoms with E-state index in [2.05, 4.69) is 15.6 Å². The number of hydrogen-bond donors (Lipinski definition) is 1. The van der Waals surface area contributed by atoms with E-state index in [1.54, 1.807) is 0 Å². The molecule has 0 bridgehead atoms. The lowest BCUT2D eigenvalue weighted by Crippen LogP contribution is -2.44. The minimum atomic E-state index is -5.15. The molecule has 1 aromatic heterocycles. The van der Waals surface area contributed by atoms with Gasteiger partial charge in [0.2, 0.25) is 5.91 Å². The Bertz CT molecular complexity index is 1130. The molecule has 14 heteroatoms. The van der Waals surface area contributed by atoms with Crippen LogP contribution in [0.15, 0.2) is 29.4 Å². The molecule has 6 nitrogen and oxygen atoms in total. The van der Waals surface area contributed by atoms with Crippen molar-refractivity contribution < 1.29 is 44.8 Å². The highest BCUT2D eigenvalue weighted by molar-refractivity contribution is 6.02. The maximum atomic E-state index is 14.1. The third kappa shape index (κ3) is 4.99. The average molecular weight is 498 g/mol. The molecular weight excluding hydrogens is 480 g/mol. The highest BCUT2D eigenvalue weighted by atomic mass is 19.4. The Labute approximate surface area is 187 Å². The fraction of sp³-hybridized carbons (Fsp3) is 0.450. The normalized spacial score (nSPS) is 19.1. The molecule has 0 saturated carbocycles. The summed E-state index contributed by atoms with van der Waals surface area (Å²) in [7, 11) is 0.931. The van der Waals surface area contributed by atoms with Crippen molar-refractivity contribution in [3.63, 3.8) is 0 Å². The Morgan fingerprint density at radius 2 is 1.79 bits per heavy atom. The number of anilines is 1. The van der Waals surface area contributed by atoms with Gasteiger partial charge in [-0.1, -0.05) is 11.2 Å². The van der Waals surface area contributed by atoms with E-state index in [-0.39, 0.29) is 23.0 Å². The molecule has 2 heterocycles. The number of aryl methyl sites for hydroxylation is 2. The lowest BCUT2D eigenvalue weighted by atomic mass is 9.89. The highest BCUT2D eigenvalue weighted by Gasteiger charge is 2.64. The van der Waals surface area contributed by atoms with E-state index in [0.717, 1.165) is 7.05 Å². The summed E-state index contributed by atoms with van der Waals surface area (Å²) < 4.78 is 108. The molecule has 1 aliphatic rings. The summed E-state index contributed by atoms with van der Waals surface area (Å²) in [5.41, 5.74) is -5.19. The molecule has 1 aromatic carbocycles. The van der Waals surface area contributed by atoms with Crippen LogP contribution in [0.2, 0.25) is 0 Å². The minimum absolute atomic E-state index is 0.139. The van der Waals surface area contributed by atoms with Crippen LogP contribution in [0.25, 0.3) is 0 Å². The number of nitrogens with zero attached hydrogens (tertiary/aromatic N) is 3. The summed E-state index contributed by atoms with van der Waals surface area (Å²) in [6.07, 6.45) is -12.1. The van der Waals surface area contributed by atoms with Crippen LogP contribution in [-0.2, 0) is 28.5 Å². The summed E-state index contributed by atoms with van der Waals surface area (Å²) >= 11 is 0. The molecule has 0 fully saturated rings. The van der Waals surface area contributed by atoms with Gasteiger partial charge < -0.3 is 10.2 Å². The Balaban J connectivity index is 1.89. The summed E-state index contributed by atoms with van der Waals surface area (Å²) in [6.45, 7) is 2.06. The number of benzene rings is 1. The molecule has 1 N–H and O–H groups in total. The van der Waals surface area contributed by atoms with Crippen LogP contribution in [-0.4, -0.2) is 33.5 Å². The number of amides is 1. The van der Waals surface area contributed by atoms with Gasteiger partial charge in [0.25, 0.3) is 11.5 Å². The Morgan fingerprint density at radius 1 is 1.15 bits per heavy atom. The molecule has 34 heavy (non-hydrogen) atoms. The van der Waals surface area contributed by atoms with Gasteiger partial charge in [0, 0.05) is 12.7 Å². The van der Waals surface area contributed by atoms with Crippen LogP contribution in [0.5, 0.6) is 0 Å². The minimum Gasteiger partial charge on any atom is -0.372 e. The Morgan fingerprint density at radius 3 is 2.29 bits per heavy atom. The fourth-order valence-corrected chi connectivity index (χ4v) is 3.47. The van der Waals surface area contributed by atoms with E-state index in [1.165, 1.54) is 25.1 Å². The van der Waals surface area contributed by atoms with Gasteiger partial charge in [-0.15, -0.1) is 0 Å². The van der Waals surface area contributed by atoms with E-state index in [1.807, 2.05) is 0 Å². The second kappa shape index (κ2) is 8.24. The molecule has 0 saturated heterocycles. The van der Waals surface area contributed by atoms with Gasteiger partial charge in [-0.05, 0) is 43.2 Å². The summed E-state index contributed by atoms with van der Waals surface area (Å²) in [5, 5.41) is 8.90. The monoisotopic (exact) mass is 498 g/mol. The molecule has 1 amide bonds. The maximum absolute atomic E-state index is 14.1. The van der Waals surface area contributed by atoms with Crippen molar-refractivity contribution in [2.45, 2.75) is 50.6 Å². The standard InChI is InChI=1S/C20H18F8N4O2/c1-10-6-11(4-5-12(10)29-16(33)9-17(2,21)22)13-8-18(34-31-13,20(26,27)28)15-7-14(19(23,24)25)30-32(15)3/h4-7H,8-9H2,1-3H3,(H,29,33). The quantitative estimate of drug-likeness (QED) is 0.568. The van der Waals surface area contributed by atoms with Crippen molar-refractivity contribution in [1.82, 2.24) is 9.78 Å². The number of nitrogens with one attached hydrogen (secondary N) is 1. The summed E-state index contributed by atoms with van der Waals surface area (Å²) in [5.74, 6) is -4.19. The van der Waals surface area contributed by atoms with E-state index >= 15 is 0 Å². The van der Waals surface area contributed by atoms with Crippen molar-refractivity contribution in [2.75, 3.05) is 5.32 Å². The van der Waals surface area contributed by atoms with Gasteiger partial charge in [0.15, 0.2) is 5.69 Å². The number of halogens is 8. The smallest absolute Gasteiger partial charge is 0.372 e.